The minimum atomic E-state index is -0.133. The summed E-state index contributed by atoms with van der Waals surface area (Å²) < 4.78 is 0. The highest BCUT2D eigenvalue weighted by Gasteiger charge is 2.15. The van der Waals surface area contributed by atoms with Crippen molar-refractivity contribution in [3.05, 3.63) is 78.5 Å². The van der Waals surface area contributed by atoms with Crippen LogP contribution >= 0.6 is 0 Å². The van der Waals surface area contributed by atoms with Crippen molar-refractivity contribution >= 4 is 17.4 Å². The first kappa shape index (κ1) is 18.5. The Labute approximate surface area is 159 Å². The van der Waals surface area contributed by atoms with Gasteiger partial charge in [-0.25, -0.2) is 9.97 Å². The molecule has 0 spiro atoms. The lowest BCUT2D eigenvalue weighted by Crippen LogP contribution is -2.30. The van der Waals surface area contributed by atoms with Gasteiger partial charge in [-0.05, 0) is 43.2 Å². The minimum Gasteiger partial charge on any atom is -0.340 e. The van der Waals surface area contributed by atoms with Crippen LogP contribution in [0.5, 0.6) is 0 Å². The molecule has 2 aromatic heterocycles. The molecular weight excluding hydrogens is 338 g/mol. The van der Waals surface area contributed by atoms with Crippen LogP contribution in [0.1, 0.15) is 23.0 Å². The molecule has 6 nitrogen and oxygen atoms in total. The van der Waals surface area contributed by atoms with Crippen LogP contribution in [0, 0.1) is 0 Å². The first-order valence-corrected chi connectivity index (χ1v) is 8.98. The average Bonchev–Trinajstić information content (AvgIpc) is 2.74. The van der Waals surface area contributed by atoms with E-state index in [-0.39, 0.29) is 5.91 Å². The summed E-state index contributed by atoms with van der Waals surface area (Å²) in [7, 11) is 1.78. The normalized spacial score (nSPS) is 10.4. The van der Waals surface area contributed by atoms with Crippen molar-refractivity contribution in [1.82, 2.24) is 19.9 Å². The summed E-state index contributed by atoms with van der Waals surface area (Å²) in [5, 5.41) is 0. The van der Waals surface area contributed by atoms with E-state index >= 15 is 0 Å². The smallest absolute Gasteiger partial charge is 0.273 e. The molecule has 1 amide bonds. The molecule has 0 N–H and O–H groups in total. The Morgan fingerprint density at radius 3 is 2.37 bits per heavy atom. The Balaban J connectivity index is 1.66. The number of rotatable bonds is 7. The number of amides is 1. The Morgan fingerprint density at radius 1 is 1.00 bits per heavy atom. The number of carbonyl (C=O) groups is 1. The van der Waals surface area contributed by atoms with E-state index in [1.807, 2.05) is 42.5 Å². The van der Waals surface area contributed by atoms with Gasteiger partial charge >= 0.3 is 0 Å². The Hall–Kier alpha value is -3.28. The molecule has 3 rings (SSSR count). The zero-order chi connectivity index (χ0) is 19.1. The van der Waals surface area contributed by atoms with Gasteiger partial charge in [0.15, 0.2) is 5.82 Å². The number of hydrogen-bond acceptors (Lipinski definition) is 5. The zero-order valence-electron chi connectivity index (χ0n) is 15.6. The van der Waals surface area contributed by atoms with Gasteiger partial charge in [0.1, 0.15) is 5.69 Å². The Kier molecular flexibility index (Phi) is 6.10. The van der Waals surface area contributed by atoms with E-state index < -0.39 is 0 Å². The fourth-order valence-electron chi connectivity index (χ4n) is 2.80. The molecule has 0 saturated carbocycles. The van der Waals surface area contributed by atoms with E-state index in [0.717, 1.165) is 30.0 Å². The van der Waals surface area contributed by atoms with Gasteiger partial charge < -0.3 is 9.80 Å². The second kappa shape index (κ2) is 8.89. The summed E-state index contributed by atoms with van der Waals surface area (Å²) in [6.07, 6.45) is 7.49. The molecule has 0 aliphatic rings. The first-order chi connectivity index (χ1) is 13.2. The number of carbonyl (C=O) groups excluding carboxylic acids is 1. The molecule has 0 atom stereocenters. The third-order valence-electron chi connectivity index (χ3n) is 4.35. The molecule has 0 saturated heterocycles. The lowest BCUT2D eigenvalue weighted by Gasteiger charge is -2.22. The fourth-order valence-corrected chi connectivity index (χ4v) is 2.80. The number of anilines is 2. The van der Waals surface area contributed by atoms with Crippen LogP contribution in [0.3, 0.4) is 0 Å². The second-order valence-electron chi connectivity index (χ2n) is 6.17. The predicted octanol–water partition coefficient (Wildman–Crippen LogP) is 3.34. The van der Waals surface area contributed by atoms with Gasteiger partial charge in [-0.2, -0.15) is 0 Å². The van der Waals surface area contributed by atoms with E-state index in [0.29, 0.717) is 12.2 Å². The average molecular weight is 361 g/mol. The van der Waals surface area contributed by atoms with Crippen molar-refractivity contribution < 1.29 is 4.79 Å². The molecular formula is C21H23N5O. The lowest BCUT2D eigenvalue weighted by atomic mass is 10.2. The van der Waals surface area contributed by atoms with Crippen molar-refractivity contribution in [3.8, 4) is 0 Å². The first-order valence-electron chi connectivity index (χ1n) is 8.98. The molecule has 2 heterocycles. The van der Waals surface area contributed by atoms with Gasteiger partial charge in [0.25, 0.3) is 5.91 Å². The number of likely N-dealkylation sites (N-methyl/N-ethyl adjacent to an activating group) is 1. The van der Waals surface area contributed by atoms with Crippen molar-refractivity contribution in [3.63, 3.8) is 0 Å². The standard InChI is InChI=1S/C21H23N5O/c1-3-26(18-7-5-4-6-8-18)20-16-23-19(15-24-20)21(27)25(2)14-11-17-9-12-22-13-10-17/h4-10,12-13,15-16H,3,11,14H2,1-2H3. The quantitative estimate of drug-likeness (QED) is 0.646. The van der Waals surface area contributed by atoms with Crippen LogP contribution in [0.15, 0.2) is 67.3 Å². The SMILES string of the molecule is CCN(c1ccccc1)c1cnc(C(=O)N(C)CCc2ccncc2)cn1. The second-order valence-corrected chi connectivity index (χ2v) is 6.17. The van der Waals surface area contributed by atoms with E-state index in [1.165, 1.54) is 0 Å². The summed E-state index contributed by atoms with van der Waals surface area (Å²) in [6, 6.07) is 13.9. The molecule has 1 aromatic carbocycles. The predicted molar refractivity (Wildman–Crippen MR) is 106 cm³/mol. The molecule has 0 unspecified atom stereocenters. The molecule has 27 heavy (non-hydrogen) atoms. The number of aromatic nitrogens is 3. The summed E-state index contributed by atoms with van der Waals surface area (Å²) in [4.78, 5) is 29.1. The van der Waals surface area contributed by atoms with E-state index in [4.69, 9.17) is 0 Å². The number of para-hydroxylation sites is 1. The van der Waals surface area contributed by atoms with Crippen molar-refractivity contribution in [2.45, 2.75) is 13.3 Å². The lowest BCUT2D eigenvalue weighted by molar-refractivity contribution is 0.0790. The molecule has 6 heteroatoms. The molecule has 0 radical (unpaired) electrons. The fraction of sp³-hybridized carbons (Fsp3) is 0.238. The maximum atomic E-state index is 12.6. The van der Waals surface area contributed by atoms with Gasteiger partial charge in [0.05, 0.1) is 12.4 Å². The molecule has 0 fully saturated rings. The molecule has 3 aromatic rings. The molecule has 0 aliphatic carbocycles. The highest BCUT2D eigenvalue weighted by atomic mass is 16.2. The molecule has 0 aliphatic heterocycles. The monoisotopic (exact) mass is 361 g/mol. The summed E-state index contributed by atoms with van der Waals surface area (Å²) in [6.45, 7) is 3.43. The van der Waals surface area contributed by atoms with Gasteiger partial charge in [-0.1, -0.05) is 18.2 Å². The van der Waals surface area contributed by atoms with E-state index in [1.54, 1.807) is 36.7 Å². The van der Waals surface area contributed by atoms with Crippen LogP contribution in [-0.4, -0.2) is 45.9 Å². The number of hydrogen-bond donors (Lipinski definition) is 0. The third kappa shape index (κ3) is 4.67. The van der Waals surface area contributed by atoms with E-state index in [2.05, 4.69) is 26.8 Å². The van der Waals surface area contributed by atoms with Crippen molar-refractivity contribution in [1.29, 1.82) is 0 Å². The summed E-state index contributed by atoms with van der Waals surface area (Å²) in [5.74, 6) is 0.588. The Bertz CT molecular complexity index is 853. The van der Waals surface area contributed by atoms with Crippen LogP contribution < -0.4 is 4.90 Å². The van der Waals surface area contributed by atoms with Gasteiger partial charge in [-0.15, -0.1) is 0 Å². The molecule has 0 bridgehead atoms. The molecule has 138 valence electrons. The van der Waals surface area contributed by atoms with Crippen LogP contribution in [0.4, 0.5) is 11.5 Å². The topological polar surface area (TPSA) is 62.2 Å². The van der Waals surface area contributed by atoms with Crippen LogP contribution in [0.2, 0.25) is 0 Å². The van der Waals surface area contributed by atoms with Gasteiger partial charge in [0.2, 0.25) is 0 Å². The van der Waals surface area contributed by atoms with Gasteiger partial charge in [-0.3, -0.25) is 9.78 Å². The highest BCUT2D eigenvalue weighted by Crippen LogP contribution is 2.22. The maximum Gasteiger partial charge on any atom is 0.273 e. The van der Waals surface area contributed by atoms with Crippen molar-refractivity contribution in [2.75, 3.05) is 25.0 Å². The largest absolute Gasteiger partial charge is 0.340 e. The minimum absolute atomic E-state index is 0.133. The zero-order valence-corrected chi connectivity index (χ0v) is 15.6. The van der Waals surface area contributed by atoms with Crippen LogP contribution in [0.25, 0.3) is 0 Å². The summed E-state index contributed by atoms with van der Waals surface area (Å²) in [5.41, 5.74) is 2.54. The Morgan fingerprint density at radius 2 is 1.74 bits per heavy atom. The number of pyridine rings is 1. The number of benzene rings is 1. The third-order valence-corrected chi connectivity index (χ3v) is 4.35. The van der Waals surface area contributed by atoms with Gasteiger partial charge in [0, 0.05) is 38.2 Å². The van der Waals surface area contributed by atoms with E-state index in [9.17, 15) is 4.79 Å². The maximum absolute atomic E-state index is 12.6. The van der Waals surface area contributed by atoms with Crippen molar-refractivity contribution in [2.24, 2.45) is 0 Å². The van der Waals surface area contributed by atoms with Crippen LogP contribution in [-0.2, 0) is 6.42 Å². The number of nitrogens with zero attached hydrogens (tertiary/aromatic N) is 5. The summed E-state index contributed by atoms with van der Waals surface area (Å²) >= 11 is 0. The highest BCUT2D eigenvalue weighted by molar-refractivity contribution is 5.92.